The minimum atomic E-state index is -0.769. The molecular weight excluding hydrogens is 376 g/mol. The van der Waals surface area contributed by atoms with Crippen molar-refractivity contribution in [3.05, 3.63) is 53.6 Å². The van der Waals surface area contributed by atoms with E-state index in [0.29, 0.717) is 12.1 Å². The van der Waals surface area contributed by atoms with Crippen molar-refractivity contribution in [2.45, 2.75) is 50.9 Å². The van der Waals surface area contributed by atoms with Gasteiger partial charge in [-0.1, -0.05) is 24.3 Å². The number of fused-ring (bicyclic) bond motifs is 3. The lowest BCUT2D eigenvalue weighted by molar-refractivity contribution is -0.232. The van der Waals surface area contributed by atoms with Gasteiger partial charge in [0.1, 0.15) is 0 Å². The van der Waals surface area contributed by atoms with E-state index >= 15 is 0 Å². The maximum atomic E-state index is 6.49. The Kier molecular flexibility index (Phi) is 4.52. The smallest absolute Gasteiger partial charge is 0.220 e. The maximum absolute atomic E-state index is 6.49. The topological polar surface area (TPSA) is 86.1 Å². The van der Waals surface area contributed by atoms with E-state index in [1.165, 1.54) is 5.56 Å². The van der Waals surface area contributed by atoms with Crippen LogP contribution in [0.1, 0.15) is 43.7 Å². The minimum absolute atomic E-state index is 0.105. The van der Waals surface area contributed by atoms with Crippen LogP contribution in [0.3, 0.4) is 0 Å². The van der Waals surface area contributed by atoms with Gasteiger partial charge >= 0.3 is 0 Å². The average Bonchev–Trinajstić information content (AvgIpc) is 3.18. The van der Waals surface area contributed by atoms with Crippen LogP contribution in [-0.4, -0.2) is 30.8 Å². The first kappa shape index (κ1) is 19.4. The molecule has 0 radical (unpaired) electrons. The molecule has 5 rings (SSSR count). The third kappa shape index (κ3) is 2.81. The highest BCUT2D eigenvalue weighted by molar-refractivity contribution is 5.79. The Hall–Kier alpha value is -2.57. The summed E-state index contributed by atoms with van der Waals surface area (Å²) in [6.45, 7) is 2.83. The molecule has 3 aliphatic rings. The standard InChI is InChI=1S/C24H30N4O2/c1-3-29-20-9-11-23(12-10-20)15-18-8-7-17(16-5-4-6-19(25)13-16)14-21(18)24(23)27-22(26)28(2)30-24/h4-8,13-14,20H,3,9-12,15,25H2,1-2H3,(H2,26,27)/t20-,23-,24?. The Labute approximate surface area is 177 Å². The second-order valence-electron chi connectivity index (χ2n) is 8.81. The summed E-state index contributed by atoms with van der Waals surface area (Å²) in [5.41, 5.74) is 16.8. The van der Waals surface area contributed by atoms with Crippen LogP contribution in [0, 0.1) is 5.41 Å². The van der Waals surface area contributed by atoms with E-state index in [4.69, 9.17) is 26.0 Å². The summed E-state index contributed by atoms with van der Waals surface area (Å²) in [6, 6.07) is 14.6. The zero-order valence-corrected chi connectivity index (χ0v) is 17.7. The molecule has 4 N–H and O–H groups in total. The van der Waals surface area contributed by atoms with Crippen LogP contribution in [0.5, 0.6) is 0 Å². The highest BCUT2D eigenvalue weighted by Gasteiger charge is 2.63. The number of nitrogens with zero attached hydrogens (tertiary/aromatic N) is 2. The summed E-state index contributed by atoms with van der Waals surface area (Å²) >= 11 is 0. The third-order valence-electron chi connectivity index (χ3n) is 7.10. The fourth-order valence-corrected chi connectivity index (χ4v) is 5.60. The number of rotatable bonds is 3. The Bertz CT molecular complexity index is 996. The number of hydrogen-bond acceptors (Lipinski definition) is 6. The zero-order valence-electron chi connectivity index (χ0n) is 17.7. The zero-order chi connectivity index (χ0) is 20.9. The molecule has 2 aliphatic carbocycles. The molecule has 2 spiro atoms. The summed E-state index contributed by atoms with van der Waals surface area (Å²) in [5, 5.41) is 1.62. The van der Waals surface area contributed by atoms with E-state index in [0.717, 1.165) is 61.1 Å². The number of hydrogen-bond donors (Lipinski definition) is 2. The number of nitrogen functional groups attached to an aromatic ring is 1. The van der Waals surface area contributed by atoms with Crippen LogP contribution in [0.15, 0.2) is 47.5 Å². The molecule has 30 heavy (non-hydrogen) atoms. The summed E-state index contributed by atoms with van der Waals surface area (Å²) < 4.78 is 5.92. The average molecular weight is 407 g/mol. The van der Waals surface area contributed by atoms with Crippen molar-refractivity contribution < 1.29 is 9.57 Å². The van der Waals surface area contributed by atoms with Crippen molar-refractivity contribution in [2.24, 2.45) is 16.1 Å². The van der Waals surface area contributed by atoms with Gasteiger partial charge in [-0.2, -0.15) is 0 Å². The summed E-state index contributed by atoms with van der Waals surface area (Å²) in [7, 11) is 1.84. The quantitative estimate of drug-likeness (QED) is 0.757. The van der Waals surface area contributed by atoms with Crippen LogP contribution < -0.4 is 11.5 Å². The Balaban J connectivity index is 1.59. The summed E-state index contributed by atoms with van der Waals surface area (Å²) in [5.74, 6) is 0.434. The predicted octanol–water partition coefficient (Wildman–Crippen LogP) is 3.80. The van der Waals surface area contributed by atoms with Crippen LogP contribution in [0.2, 0.25) is 0 Å². The first-order valence-electron chi connectivity index (χ1n) is 10.9. The SMILES string of the molecule is CCO[C@H]1CC[C@]2(CC1)Cc1ccc(-c3cccc(N)c3)cc1C21N=C(N)N(C)O1. The molecule has 1 atom stereocenters. The summed E-state index contributed by atoms with van der Waals surface area (Å²) in [4.78, 5) is 11.5. The monoisotopic (exact) mass is 406 g/mol. The van der Waals surface area contributed by atoms with Gasteiger partial charge in [-0.3, -0.25) is 0 Å². The fraction of sp³-hybridized carbons (Fsp3) is 0.458. The molecule has 2 aromatic carbocycles. The molecule has 6 heteroatoms. The molecule has 2 aromatic rings. The number of anilines is 1. The highest BCUT2D eigenvalue weighted by atomic mass is 16.7. The minimum Gasteiger partial charge on any atom is -0.399 e. The summed E-state index contributed by atoms with van der Waals surface area (Å²) in [6.07, 6.45) is 5.32. The second kappa shape index (κ2) is 7.00. The maximum Gasteiger partial charge on any atom is 0.220 e. The lowest BCUT2D eigenvalue weighted by atomic mass is 9.66. The first-order valence-corrected chi connectivity index (χ1v) is 10.9. The number of hydroxylamine groups is 2. The second-order valence-corrected chi connectivity index (χ2v) is 8.81. The van der Waals surface area contributed by atoms with Crippen LogP contribution in [0.4, 0.5) is 5.69 Å². The number of ether oxygens (including phenoxy) is 1. The van der Waals surface area contributed by atoms with Gasteiger partial charge in [0.05, 0.1) is 6.10 Å². The number of nitrogens with two attached hydrogens (primary N) is 2. The molecule has 0 amide bonds. The Morgan fingerprint density at radius 2 is 1.90 bits per heavy atom. The van der Waals surface area contributed by atoms with Crippen LogP contribution >= 0.6 is 0 Å². The molecule has 6 nitrogen and oxygen atoms in total. The molecule has 0 bridgehead atoms. The molecular formula is C24H30N4O2. The largest absolute Gasteiger partial charge is 0.399 e. The Morgan fingerprint density at radius 1 is 1.13 bits per heavy atom. The lowest BCUT2D eigenvalue weighted by Gasteiger charge is -2.45. The third-order valence-corrected chi connectivity index (χ3v) is 7.10. The normalized spacial score (nSPS) is 30.1. The predicted molar refractivity (Wildman–Crippen MR) is 118 cm³/mol. The van der Waals surface area contributed by atoms with Gasteiger partial charge in [0.15, 0.2) is 0 Å². The lowest BCUT2D eigenvalue weighted by Crippen LogP contribution is -2.46. The van der Waals surface area contributed by atoms with Crippen molar-refractivity contribution in [1.82, 2.24) is 5.06 Å². The number of benzene rings is 2. The van der Waals surface area contributed by atoms with E-state index in [9.17, 15) is 0 Å². The molecule has 1 heterocycles. The van der Waals surface area contributed by atoms with E-state index in [1.807, 2.05) is 25.2 Å². The molecule has 1 aliphatic heterocycles. The van der Waals surface area contributed by atoms with Crippen LogP contribution in [0.25, 0.3) is 11.1 Å². The van der Waals surface area contributed by atoms with Crippen LogP contribution in [-0.2, 0) is 21.7 Å². The Morgan fingerprint density at radius 3 is 2.57 bits per heavy atom. The van der Waals surface area contributed by atoms with Crippen molar-refractivity contribution in [2.75, 3.05) is 19.4 Å². The molecule has 1 fully saturated rings. The number of guanidine groups is 1. The molecule has 158 valence electrons. The van der Waals surface area contributed by atoms with E-state index in [-0.39, 0.29) is 5.41 Å². The van der Waals surface area contributed by atoms with E-state index in [2.05, 4.69) is 31.2 Å². The first-order chi connectivity index (χ1) is 14.5. The van der Waals surface area contributed by atoms with Gasteiger partial charge in [0.2, 0.25) is 11.7 Å². The highest BCUT2D eigenvalue weighted by Crippen LogP contribution is 2.62. The van der Waals surface area contributed by atoms with Gasteiger partial charge in [-0.25, -0.2) is 14.9 Å². The van der Waals surface area contributed by atoms with Gasteiger partial charge in [-0.05, 0) is 73.9 Å². The van der Waals surface area contributed by atoms with Gasteiger partial charge in [0, 0.05) is 30.3 Å². The van der Waals surface area contributed by atoms with Crippen molar-refractivity contribution >= 4 is 11.6 Å². The van der Waals surface area contributed by atoms with Crippen molar-refractivity contribution in [3.8, 4) is 11.1 Å². The van der Waals surface area contributed by atoms with Gasteiger partial charge in [-0.15, -0.1) is 0 Å². The molecule has 0 aromatic heterocycles. The molecule has 1 saturated carbocycles. The number of aliphatic imine (C=N–C) groups is 1. The van der Waals surface area contributed by atoms with Crippen molar-refractivity contribution in [1.29, 1.82) is 0 Å². The van der Waals surface area contributed by atoms with Crippen molar-refractivity contribution in [3.63, 3.8) is 0 Å². The van der Waals surface area contributed by atoms with E-state index in [1.54, 1.807) is 5.06 Å². The van der Waals surface area contributed by atoms with E-state index < -0.39 is 5.72 Å². The molecule has 0 saturated heterocycles. The fourth-order valence-electron chi connectivity index (χ4n) is 5.60. The van der Waals surface area contributed by atoms with Gasteiger partial charge in [0.25, 0.3) is 0 Å². The molecule has 1 unspecified atom stereocenters. The van der Waals surface area contributed by atoms with Gasteiger partial charge < -0.3 is 16.2 Å².